The smallest absolute Gasteiger partial charge is 0.265 e. The Morgan fingerprint density at radius 3 is 2.70 bits per heavy atom. The zero-order valence-corrected chi connectivity index (χ0v) is 16.7. The third-order valence-electron chi connectivity index (χ3n) is 4.46. The molecule has 0 saturated heterocycles. The first-order valence-electron chi connectivity index (χ1n) is 8.41. The minimum absolute atomic E-state index is 0.139. The number of hydrogen-bond donors (Lipinski definition) is 1. The van der Waals surface area contributed by atoms with Crippen LogP contribution in [0.2, 0.25) is 5.02 Å². The Hall–Kier alpha value is -2.63. The lowest BCUT2D eigenvalue weighted by Crippen LogP contribution is -2.11. The highest BCUT2D eigenvalue weighted by Gasteiger charge is 2.15. The Morgan fingerprint density at radius 1 is 1.11 bits per heavy atom. The minimum Gasteiger partial charge on any atom is -0.495 e. The lowest BCUT2D eigenvalue weighted by molar-refractivity contribution is 0.103. The highest BCUT2D eigenvalue weighted by molar-refractivity contribution is 7.20. The van der Waals surface area contributed by atoms with Gasteiger partial charge < -0.3 is 10.1 Å². The van der Waals surface area contributed by atoms with Crippen LogP contribution >= 0.6 is 22.9 Å². The number of ether oxygens (including phenoxy) is 1. The molecule has 2 aromatic heterocycles. The fourth-order valence-corrected chi connectivity index (χ4v) is 4.17. The fraction of sp³-hybridized carbons (Fsp3) is 0.143. The molecule has 27 heavy (non-hydrogen) atoms. The van der Waals surface area contributed by atoms with Gasteiger partial charge in [-0.25, -0.2) is 4.98 Å². The summed E-state index contributed by atoms with van der Waals surface area (Å²) in [6.07, 6.45) is 0. The van der Waals surface area contributed by atoms with Gasteiger partial charge in [-0.05, 0) is 55.3 Å². The maximum atomic E-state index is 12.7. The molecule has 0 aliphatic heterocycles. The number of pyridine rings is 1. The third kappa shape index (κ3) is 3.24. The maximum Gasteiger partial charge on any atom is 0.265 e. The van der Waals surface area contributed by atoms with Crippen LogP contribution in [0.1, 0.15) is 20.8 Å². The summed E-state index contributed by atoms with van der Waals surface area (Å²) in [5.41, 5.74) is 3.62. The fourth-order valence-electron chi connectivity index (χ4n) is 2.97. The van der Waals surface area contributed by atoms with E-state index in [0.29, 0.717) is 21.2 Å². The van der Waals surface area contributed by atoms with Crippen LogP contribution in [-0.2, 0) is 0 Å². The quantitative estimate of drug-likeness (QED) is 0.463. The van der Waals surface area contributed by atoms with E-state index in [4.69, 9.17) is 16.3 Å². The van der Waals surface area contributed by atoms with Crippen molar-refractivity contribution in [2.75, 3.05) is 12.4 Å². The van der Waals surface area contributed by atoms with Crippen molar-refractivity contribution in [2.45, 2.75) is 13.8 Å². The van der Waals surface area contributed by atoms with Gasteiger partial charge in [-0.1, -0.05) is 23.7 Å². The number of rotatable bonds is 3. The number of anilines is 1. The summed E-state index contributed by atoms with van der Waals surface area (Å²) in [4.78, 5) is 18.8. The molecule has 0 saturated carbocycles. The van der Waals surface area contributed by atoms with E-state index in [1.54, 1.807) is 7.11 Å². The molecule has 2 heterocycles. The molecule has 2 aromatic carbocycles. The Kier molecular flexibility index (Phi) is 4.50. The Balaban J connectivity index is 1.74. The van der Waals surface area contributed by atoms with Crippen LogP contribution in [0.3, 0.4) is 0 Å². The number of halogens is 1. The van der Waals surface area contributed by atoms with Crippen LogP contribution in [-0.4, -0.2) is 18.0 Å². The molecule has 0 aliphatic rings. The standard InChI is InChI=1S/C21H17ClN2O2S/c1-11-4-5-12(2)15(8-11)23-20(25)17-10-14-9-13-6-7-16(26-3)18(22)19(13)24-21(14)27-17/h4-10H,1-3H3,(H,23,25). The Morgan fingerprint density at radius 2 is 1.93 bits per heavy atom. The lowest BCUT2D eigenvalue weighted by Gasteiger charge is -2.08. The summed E-state index contributed by atoms with van der Waals surface area (Å²) in [6.45, 7) is 3.98. The first-order chi connectivity index (χ1) is 13.0. The van der Waals surface area contributed by atoms with E-state index < -0.39 is 0 Å². The molecule has 4 rings (SSSR count). The summed E-state index contributed by atoms with van der Waals surface area (Å²) in [5, 5.41) is 5.30. The van der Waals surface area contributed by atoms with Crippen LogP contribution in [0.25, 0.3) is 21.1 Å². The van der Waals surface area contributed by atoms with Crippen molar-refractivity contribution in [3.05, 3.63) is 63.5 Å². The van der Waals surface area contributed by atoms with Crippen molar-refractivity contribution < 1.29 is 9.53 Å². The van der Waals surface area contributed by atoms with Gasteiger partial charge >= 0.3 is 0 Å². The van der Waals surface area contributed by atoms with Gasteiger partial charge in [-0.2, -0.15) is 0 Å². The number of fused-ring (bicyclic) bond motifs is 2. The molecule has 4 aromatic rings. The Labute approximate surface area is 165 Å². The van der Waals surface area contributed by atoms with Crippen LogP contribution in [0, 0.1) is 13.8 Å². The van der Waals surface area contributed by atoms with Gasteiger partial charge in [0, 0.05) is 16.5 Å². The van der Waals surface area contributed by atoms with Gasteiger partial charge in [-0.3, -0.25) is 4.79 Å². The van der Waals surface area contributed by atoms with Gasteiger partial charge in [0.25, 0.3) is 5.91 Å². The monoisotopic (exact) mass is 396 g/mol. The number of thiophene rings is 1. The summed E-state index contributed by atoms with van der Waals surface area (Å²) in [7, 11) is 1.58. The first-order valence-corrected chi connectivity index (χ1v) is 9.61. The highest BCUT2D eigenvalue weighted by Crippen LogP contribution is 2.35. The van der Waals surface area contributed by atoms with Crippen molar-refractivity contribution in [1.82, 2.24) is 4.98 Å². The number of nitrogens with one attached hydrogen (secondary N) is 1. The van der Waals surface area contributed by atoms with Crippen LogP contribution in [0.4, 0.5) is 5.69 Å². The molecular weight excluding hydrogens is 380 g/mol. The predicted molar refractivity (Wildman–Crippen MR) is 113 cm³/mol. The van der Waals surface area contributed by atoms with Gasteiger partial charge in [0.15, 0.2) is 0 Å². The number of nitrogens with zero attached hydrogens (tertiary/aromatic N) is 1. The molecular formula is C21H17ClN2O2S. The van der Waals surface area contributed by atoms with Gasteiger partial charge in [0.2, 0.25) is 0 Å². The molecule has 1 N–H and O–H groups in total. The molecule has 0 unspecified atom stereocenters. The Bertz CT molecular complexity index is 1200. The second-order valence-corrected chi connectivity index (χ2v) is 7.83. The molecule has 0 bridgehead atoms. The molecule has 0 fully saturated rings. The number of hydrogen-bond acceptors (Lipinski definition) is 4. The second kappa shape index (κ2) is 6.83. The average Bonchev–Trinajstić information content (AvgIpc) is 3.07. The molecule has 136 valence electrons. The second-order valence-electron chi connectivity index (χ2n) is 6.42. The zero-order chi connectivity index (χ0) is 19.1. The molecule has 1 amide bonds. The number of carbonyl (C=O) groups excluding carboxylic acids is 1. The van der Waals surface area contributed by atoms with E-state index in [1.165, 1.54) is 11.3 Å². The average molecular weight is 397 g/mol. The van der Waals surface area contributed by atoms with E-state index in [0.717, 1.165) is 32.4 Å². The number of amides is 1. The van der Waals surface area contributed by atoms with Crippen LogP contribution in [0.15, 0.2) is 42.5 Å². The van der Waals surface area contributed by atoms with E-state index >= 15 is 0 Å². The van der Waals surface area contributed by atoms with Crippen molar-refractivity contribution in [3.63, 3.8) is 0 Å². The number of carbonyl (C=O) groups is 1. The first kappa shape index (κ1) is 17.8. The largest absolute Gasteiger partial charge is 0.495 e. The highest BCUT2D eigenvalue weighted by atomic mass is 35.5. The summed E-state index contributed by atoms with van der Waals surface area (Å²) >= 11 is 7.74. The molecule has 0 aliphatic carbocycles. The summed E-state index contributed by atoms with van der Waals surface area (Å²) < 4.78 is 5.26. The van der Waals surface area contributed by atoms with E-state index in [1.807, 2.05) is 56.3 Å². The van der Waals surface area contributed by atoms with Crippen LogP contribution < -0.4 is 10.1 Å². The van der Waals surface area contributed by atoms with Crippen LogP contribution in [0.5, 0.6) is 5.75 Å². The van der Waals surface area contributed by atoms with E-state index in [9.17, 15) is 4.79 Å². The molecule has 6 heteroatoms. The van der Waals surface area contributed by atoms with Gasteiger partial charge in [-0.15, -0.1) is 11.3 Å². The maximum absolute atomic E-state index is 12.7. The third-order valence-corrected chi connectivity index (χ3v) is 5.87. The van der Waals surface area contributed by atoms with Crippen molar-refractivity contribution in [3.8, 4) is 5.75 Å². The number of methoxy groups -OCH3 is 1. The number of aromatic nitrogens is 1. The number of aryl methyl sites for hydroxylation is 2. The number of benzene rings is 2. The zero-order valence-electron chi connectivity index (χ0n) is 15.1. The topological polar surface area (TPSA) is 51.2 Å². The molecule has 0 spiro atoms. The molecule has 0 radical (unpaired) electrons. The van der Waals surface area contributed by atoms with Crippen molar-refractivity contribution >= 4 is 55.7 Å². The van der Waals surface area contributed by atoms with Crippen molar-refractivity contribution in [2.24, 2.45) is 0 Å². The normalized spacial score (nSPS) is 11.1. The molecule has 0 atom stereocenters. The van der Waals surface area contributed by atoms with E-state index in [-0.39, 0.29) is 5.91 Å². The van der Waals surface area contributed by atoms with Gasteiger partial charge in [0.05, 0.1) is 17.5 Å². The molecule has 4 nitrogen and oxygen atoms in total. The van der Waals surface area contributed by atoms with E-state index in [2.05, 4.69) is 10.3 Å². The SMILES string of the molecule is COc1ccc2cc3cc(C(=O)Nc4cc(C)ccc4C)sc3nc2c1Cl. The van der Waals surface area contributed by atoms with Gasteiger partial charge in [0.1, 0.15) is 15.6 Å². The lowest BCUT2D eigenvalue weighted by atomic mass is 10.1. The summed E-state index contributed by atoms with van der Waals surface area (Å²) in [6, 6.07) is 13.6. The van der Waals surface area contributed by atoms with Crippen molar-refractivity contribution in [1.29, 1.82) is 0 Å². The predicted octanol–water partition coefficient (Wildman–Crippen LogP) is 5.98. The summed E-state index contributed by atoms with van der Waals surface area (Å²) in [5.74, 6) is 0.444. The minimum atomic E-state index is -0.139.